The molecule has 1 aliphatic rings. The van der Waals surface area contributed by atoms with Crippen LogP contribution < -0.4 is 0 Å². The van der Waals surface area contributed by atoms with E-state index in [-0.39, 0.29) is 10.5 Å². The summed E-state index contributed by atoms with van der Waals surface area (Å²) in [4.78, 5) is 12.3. The van der Waals surface area contributed by atoms with Crippen molar-refractivity contribution in [3.05, 3.63) is 34.3 Å². The molecule has 0 amide bonds. The molecular weight excluding hydrogens is 272 g/mol. The predicted molar refractivity (Wildman–Crippen MR) is 68.6 cm³/mol. The van der Waals surface area contributed by atoms with Crippen LogP contribution in [0.25, 0.3) is 0 Å². The molecule has 0 spiro atoms. The molecule has 3 heteroatoms. The Kier molecular flexibility index (Phi) is 3.21. The molecule has 0 bridgehead atoms. The van der Waals surface area contributed by atoms with Gasteiger partial charge in [0.15, 0.2) is 5.78 Å². The van der Waals surface area contributed by atoms with E-state index in [0.29, 0.717) is 0 Å². The van der Waals surface area contributed by atoms with E-state index in [1.165, 1.54) is 0 Å². The SMILES string of the molecule is CC1(C(=O)c2cccc(Br)c2)CCCS1. The van der Waals surface area contributed by atoms with E-state index in [4.69, 9.17) is 0 Å². The van der Waals surface area contributed by atoms with Crippen molar-refractivity contribution in [2.45, 2.75) is 24.5 Å². The number of ketones is 1. The highest BCUT2D eigenvalue weighted by molar-refractivity contribution is 9.10. The lowest BCUT2D eigenvalue weighted by atomic mass is 9.95. The third-order valence-corrected chi connectivity index (χ3v) is 4.80. The zero-order chi connectivity index (χ0) is 10.9. The van der Waals surface area contributed by atoms with Crippen LogP contribution in [0.1, 0.15) is 30.1 Å². The fraction of sp³-hybridized carbons (Fsp3) is 0.417. The Hall–Kier alpha value is -0.280. The van der Waals surface area contributed by atoms with Gasteiger partial charge in [-0.15, -0.1) is 11.8 Å². The Morgan fingerprint density at radius 3 is 2.93 bits per heavy atom. The quantitative estimate of drug-likeness (QED) is 0.766. The summed E-state index contributed by atoms with van der Waals surface area (Å²) in [7, 11) is 0. The van der Waals surface area contributed by atoms with Gasteiger partial charge in [0, 0.05) is 10.0 Å². The molecule has 0 N–H and O–H groups in total. The first-order valence-corrected chi connectivity index (χ1v) is 6.84. The van der Waals surface area contributed by atoms with Gasteiger partial charge in [-0.3, -0.25) is 4.79 Å². The number of carbonyl (C=O) groups is 1. The van der Waals surface area contributed by atoms with Crippen molar-refractivity contribution in [2.75, 3.05) is 5.75 Å². The van der Waals surface area contributed by atoms with Crippen LogP contribution in [0.3, 0.4) is 0 Å². The first kappa shape index (κ1) is 11.2. The van der Waals surface area contributed by atoms with E-state index < -0.39 is 0 Å². The van der Waals surface area contributed by atoms with Crippen molar-refractivity contribution >= 4 is 33.5 Å². The van der Waals surface area contributed by atoms with Crippen LogP contribution in [0, 0.1) is 0 Å². The molecule has 2 rings (SSSR count). The van der Waals surface area contributed by atoms with Crippen molar-refractivity contribution in [1.82, 2.24) is 0 Å². The van der Waals surface area contributed by atoms with E-state index in [0.717, 1.165) is 28.6 Å². The normalized spacial score (nSPS) is 25.5. The number of hydrogen-bond donors (Lipinski definition) is 0. The molecule has 15 heavy (non-hydrogen) atoms. The van der Waals surface area contributed by atoms with Crippen molar-refractivity contribution < 1.29 is 4.79 Å². The molecule has 1 atom stereocenters. The molecule has 1 unspecified atom stereocenters. The minimum Gasteiger partial charge on any atom is -0.293 e. The van der Waals surface area contributed by atoms with Crippen LogP contribution in [-0.4, -0.2) is 16.3 Å². The summed E-state index contributed by atoms with van der Waals surface area (Å²) in [5.41, 5.74) is 0.821. The van der Waals surface area contributed by atoms with E-state index >= 15 is 0 Å². The van der Waals surface area contributed by atoms with Gasteiger partial charge in [-0.05, 0) is 37.7 Å². The van der Waals surface area contributed by atoms with E-state index in [2.05, 4.69) is 22.9 Å². The Labute approximate surface area is 103 Å². The third kappa shape index (κ3) is 2.28. The van der Waals surface area contributed by atoms with Crippen LogP contribution in [0.15, 0.2) is 28.7 Å². The second-order valence-corrected chi connectivity index (χ2v) is 6.54. The summed E-state index contributed by atoms with van der Waals surface area (Å²) < 4.78 is 0.779. The molecular formula is C12H13BrOS. The standard InChI is InChI=1S/C12H13BrOS/c1-12(6-3-7-15-12)11(14)9-4-2-5-10(13)8-9/h2,4-5,8H,3,6-7H2,1H3. The smallest absolute Gasteiger partial charge is 0.178 e. The molecule has 0 radical (unpaired) electrons. The number of thioether (sulfide) groups is 1. The summed E-state index contributed by atoms with van der Waals surface area (Å²) >= 11 is 5.19. The summed E-state index contributed by atoms with van der Waals surface area (Å²) in [6.45, 7) is 2.06. The minimum absolute atomic E-state index is 0.194. The second kappa shape index (κ2) is 4.30. The predicted octanol–water partition coefficient (Wildman–Crippen LogP) is 3.92. The molecule has 1 nitrogen and oxygen atoms in total. The number of benzene rings is 1. The topological polar surface area (TPSA) is 17.1 Å². The van der Waals surface area contributed by atoms with Crippen LogP contribution in [0.2, 0.25) is 0 Å². The Morgan fingerprint density at radius 2 is 2.33 bits per heavy atom. The minimum atomic E-state index is -0.194. The number of rotatable bonds is 2. The largest absolute Gasteiger partial charge is 0.293 e. The number of halogens is 1. The highest BCUT2D eigenvalue weighted by Crippen LogP contribution is 2.40. The van der Waals surface area contributed by atoms with E-state index in [1.54, 1.807) is 11.8 Å². The molecule has 1 aromatic carbocycles. The number of Topliss-reactive ketones (excluding diaryl/α,β-unsaturated/α-hetero) is 1. The fourth-order valence-electron chi connectivity index (χ4n) is 1.89. The molecule has 80 valence electrons. The molecule has 1 heterocycles. The molecule has 1 aliphatic heterocycles. The maximum Gasteiger partial charge on any atom is 0.178 e. The monoisotopic (exact) mass is 284 g/mol. The zero-order valence-electron chi connectivity index (χ0n) is 8.63. The fourth-order valence-corrected chi connectivity index (χ4v) is 3.57. The van der Waals surface area contributed by atoms with Gasteiger partial charge in [-0.25, -0.2) is 0 Å². The molecule has 1 aromatic rings. The van der Waals surface area contributed by atoms with Gasteiger partial charge < -0.3 is 0 Å². The van der Waals surface area contributed by atoms with Gasteiger partial charge in [0.2, 0.25) is 0 Å². The van der Waals surface area contributed by atoms with Gasteiger partial charge in [0.05, 0.1) is 4.75 Å². The summed E-state index contributed by atoms with van der Waals surface area (Å²) in [5, 5.41) is 0. The lowest BCUT2D eigenvalue weighted by Gasteiger charge is -2.20. The van der Waals surface area contributed by atoms with E-state index in [9.17, 15) is 4.79 Å². The zero-order valence-corrected chi connectivity index (χ0v) is 11.0. The Balaban J connectivity index is 2.27. The van der Waals surface area contributed by atoms with Gasteiger partial charge in [-0.2, -0.15) is 0 Å². The van der Waals surface area contributed by atoms with Crippen LogP contribution in [0.5, 0.6) is 0 Å². The summed E-state index contributed by atoms with van der Waals surface area (Å²) in [6, 6.07) is 7.67. The molecule has 1 fully saturated rings. The highest BCUT2D eigenvalue weighted by Gasteiger charge is 2.37. The van der Waals surface area contributed by atoms with Gasteiger partial charge in [0.25, 0.3) is 0 Å². The van der Waals surface area contributed by atoms with Crippen LogP contribution in [-0.2, 0) is 0 Å². The number of carbonyl (C=O) groups excluding carboxylic acids is 1. The first-order valence-electron chi connectivity index (χ1n) is 5.06. The maximum absolute atomic E-state index is 12.3. The Bertz CT molecular complexity index is 383. The summed E-state index contributed by atoms with van der Waals surface area (Å²) in [5.74, 6) is 1.38. The molecule has 0 aliphatic carbocycles. The lowest BCUT2D eigenvalue weighted by molar-refractivity contribution is 0.0949. The highest BCUT2D eigenvalue weighted by atomic mass is 79.9. The lowest BCUT2D eigenvalue weighted by Crippen LogP contribution is -2.28. The average Bonchev–Trinajstić information content (AvgIpc) is 2.65. The third-order valence-electron chi connectivity index (χ3n) is 2.79. The maximum atomic E-state index is 12.3. The van der Waals surface area contributed by atoms with E-state index in [1.807, 2.05) is 24.3 Å². The van der Waals surface area contributed by atoms with Crippen molar-refractivity contribution in [3.8, 4) is 0 Å². The van der Waals surface area contributed by atoms with Gasteiger partial charge in [0.1, 0.15) is 0 Å². The van der Waals surface area contributed by atoms with Crippen molar-refractivity contribution in [1.29, 1.82) is 0 Å². The van der Waals surface area contributed by atoms with Gasteiger partial charge >= 0.3 is 0 Å². The average molecular weight is 285 g/mol. The van der Waals surface area contributed by atoms with Crippen molar-refractivity contribution in [3.63, 3.8) is 0 Å². The molecule has 0 saturated carbocycles. The van der Waals surface area contributed by atoms with Gasteiger partial charge in [-0.1, -0.05) is 28.1 Å². The second-order valence-electron chi connectivity index (χ2n) is 4.02. The molecule has 1 saturated heterocycles. The van der Waals surface area contributed by atoms with Crippen LogP contribution in [0.4, 0.5) is 0 Å². The number of hydrogen-bond acceptors (Lipinski definition) is 2. The van der Waals surface area contributed by atoms with Crippen molar-refractivity contribution in [2.24, 2.45) is 0 Å². The molecule has 0 aromatic heterocycles. The van der Waals surface area contributed by atoms with Crippen LogP contribution >= 0.6 is 27.7 Å². The first-order chi connectivity index (χ1) is 7.12. The summed E-state index contributed by atoms with van der Waals surface area (Å²) in [6.07, 6.45) is 2.16. The Morgan fingerprint density at radius 1 is 1.53 bits per heavy atom.